The van der Waals surface area contributed by atoms with Gasteiger partial charge in [0.2, 0.25) is 0 Å². The van der Waals surface area contributed by atoms with Crippen LogP contribution in [0.15, 0.2) is 36.4 Å². The number of fused-ring (bicyclic) bond motifs is 1. The van der Waals surface area contributed by atoms with Crippen LogP contribution in [-0.4, -0.2) is 22.5 Å². The molecule has 164 valence electrons. The van der Waals surface area contributed by atoms with E-state index in [0.29, 0.717) is 0 Å². The van der Waals surface area contributed by atoms with Gasteiger partial charge in [-0.1, -0.05) is 52.8 Å². The van der Waals surface area contributed by atoms with Gasteiger partial charge in [-0.25, -0.2) is 0 Å². The summed E-state index contributed by atoms with van der Waals surface area (Å²) < 4.78 is 18.2. The van der Waals surface area contributed by atoms with Gasteiger partial charge in [0.05, 0.1) is 20.3 Å². The second kappa shape index (κ2) is 8.05. The van der Waals surface area contributed by atoms with Crippen molar-refractivity contribution in [2.24, 2.45) is 5.41 Å². The molecule has 0 aliphatic heterocycles. The van der Waals surface area contributed by atoms with Crippen LogP contribution in [0.3, 0.4) is 0 Å². The van der Waals surface area contributed by atoms with Crippen molar-refractivity contribution < 1.29 is 13.9 Å². The molecule has 3 rings (SSSR count). The van der Waals surface area contributed by atoms with Crippen LogP contribution in [0.1, 0.15) is 63.0 Å². The highest BCUT2D eigenvalue weighted by atomic mass is 28.4. The lowest BCUT2D eigenvalue weighted by Crippen LogP contribution is -2.43. The van der Waals surface area contributed by atoms with Crippen molar-refractivity contribution in [1.82, 2.24) is 0 Å². The lowest BCUT2D eigenvalue weighted by Gasteiger charge is -2.42. The predicted molar refractivity (Wildman–Crippen MR) is 127 cm³/mol. The topological polar surface area (TPSA) is 27.7 Å². The van der Waals surface area contributed by atoms with Gasteiger partial charge in [-0.3, -0.25) is 0 Å². The van der Waals surface area contributed by atoms with E-state index in [1.54, 1.807) is 14.2 Å². The SMILES string of the molecule is COc1ccc(Cc2c(OC)ccc3c2[C@@H](O[Si](C)(C)C(C)(C)C)C(C)(C)C3)cc1. The Kier molecular flexibility index (Phi) is 6.14. The lowest BCUT2D eigenvalue weighted by molar-refractivity contribution is 0.0756. The largest absolute Gasteiger partial charge is 0.497 e. The standard InChI is InChI=1S/C26H38O3Si/c1-25(2,3)30(8,9)29-24-23-19(17-26(24,4)5)12-15-22(28-7)21(23)16-18-10-13-20(27-6)14-11-18/h10-15,24H,16-17H2,1-9H3/t24-/m1/s1. The number of ether oxygens (including phenoxy) is 2. The van der Waals surface area contributed by atoms with Gasteiger partial charge in [-0.15, -0.1) is 0 Å². The molecule has 3 nitrogen and oxygen atoms in total. The Morgan fingerprint density at radius 1 is 0.967 bits per heavy atom. The average Bonchev–Trinajstić information content (AvgIpc) is 2.91. The molecule has 0 saturated heterocycles. The van der Waals surface area contributed by atoms with E-state index >= 15 is 0 Å². The Balaban J connectivity index is 2.08. The summed E-state index contributed by atoms with van der Waals surface area (Å²) in [4.78, 5) is 0. The summed E-state index contributed by atoms with van der Waals surface area (Å²) >= 11 is 0. The molecule has 0 heterocycles. The van der Waals surface area contributed by atoms with Crippen molar-refractivity contribution in [3.63, 3.8) is 0 Å². The third-order valence-electron chi connectivity index (χ3n) is 7.00. The zero-order valence-corrected chi connectivity index (χ0v) is 21.2. The van der Waals surface area contributed by atoms with Crippen molar-refractivity contribution in [2.45, 2.75) is 71.7 Å². The van der Waals surface area contributed by atoms with E-state index in [9.17, 15) is 0 Å². The van der Waals surface area contributed by atoms with Gasteiger partial charge in [0.25, 0.3) is 0 Å². The summed E-state index contributed by atoms with van der Waals surface area (Å²) in [6.45, 7) is 16.3. The average molecular weight is 427 g/mol. The Labute approximate surface area is 183 Å². The Bertz CT molecular complexity index is 892. The lowest BCUT2D eigenvalue weighted by atomic mass is 9.86. The summed E-state index contributed by atoms with van der Waals surface area (Å²) in [5.74, 6) is 1.83. The van der Waals surface area contributed by atoms with Crippen LogP contribution >= 0.6 is 0 Å². The van der Waals surface area contributed by atoms with Crippen molar-refractivity contribution in [3.8, 4) is 11.5 Å². The van der Waals surface area contributed by atoms with Crippen LogP contribution < -0.4 is 9.47 Å². The molecule has 0 fully saturated rings. The zero-order chi connectivity index (χ0) is 22.3. The summed E-state index contributed by atoms with van der Waals surface area (Å²) in [5.41, 5.74) is 5.31. The molecule has 0 unspecified atom stereocenters. The number of rotatable bonds is 6. The third-order valence-corrected chi connectivity index (χ3v) is 11.4. The van der Waals surface area contributed by atoms with Crippen LogP contribution in [0.25, 0.3) is 0 Å². The third kappa shape index (κ3) is 4.31. The van der Waals surface area contributed by atoms with Crippen LogP contribution in [0.4, 0.5) is 0 Å². The molecular formula is C26H38O3Si. The van der Waals surface area contributed by atoms with E-state index in [1.165, 1.54) is 22.3 Å². The normalized spacial score (nSPS) is 18.2. The van der Waals surface area contributed by atoms with Crippen LogP contribution in [0.5, 0.6) is 11.5 Å². The quantitative estimate of drug-likeness (QED) is 0.468. The van der Waals surface area contributed by atoms with E-state index in [1.807, 2.05) is 12.1 Å². The van der Waals surface area contributed by atoms with Gasteiger partial charge in [-0.2, -0.15) is 0 Å². The highest BCUT2D eigenvalue weighted by molar-refractivity contribution is 6.74. The Morgan fingerprint density at radius 2 is 1.60 bits per heavy atom. The minimum atomic E-state index is -1.94. The van der Waals surface area contributed by atoms with Gasteiger partial charge >= 0.3 is 0 Å². The summed E-state index contributed by atoms with van der Waals surface area (Å²) in [5, 5.41) is 0.168. The maximum atomic E-state index is 7.08. The second-order valence-corrected chi connectivity index (χ2v) is 15.5. The Hall–Kier alpha value is -1.78. The number of hydrogen-bond acceptors (Lipinski definition) is 3. The van der Waals surface area contributed by atoms with Crippen molar-refractivity contribution in [2.75, 3.05) is 14.2 Å². The highest BCUT2D eigenvalue weighted by Gasteiger charge is 2.47. The molecule has 0 bridgehead atoms. The molecule has 1 aliphatic carbocycles. The van der Waals surface area contributed by atoms with E-state index in [0.717, 1.165) is 24.3 Å². The number of hydrogen-bond donors (Lipinski definition) is 0. The van der Waals surface area contributed by atoms with Gasteiger partial charge in [-0.05, 0) is 64.9 Å². The molecule has 0 N–H and O–H groups in total. The maximum absolute atomic E-state index is 7.08. The molecule has 1 atom stereocenters. The van der Waals surface area contributed by atoms with Gasteiger partial charge in [0, 0.05) is 12.0 Å². The molecule has 0 amide bonds. The first-order chi connectivity index (χ1) is 13.9. The highest BCUT2D eigenvalue weighted by Crippen LogP contribution is 2.54. The number of benzene rings is 2. The van der Waals surface area contributed by atoms with E-state index in [4.69, 9.17) is 13.9 Å². The molecule has 0 saturated carbocycles. The van der Waals surface area contributed by atoms with Gasteiger partial charge in [0.1, 0.15) is 11.5 Å². The van der Waals surface area contributed by atoms with E-state index < -0.39 is 8.32 Å². The van der Waals surface area contributed by atoms with Crippen molar-refractivity contribution in [1.29, 1.82) is 0 Å². The van der Waals surface area contributed by atoms with E-state index in [-0.39, 0.29) is 16.6 Å². The maximum Gasteiger partial charge on any atom is 0.192 e. The minimum Gasteiger partial charge on any atom is -0.497 e. The van der Waals surface area contributed by atoms with Crippen LogP contribution in [0, 0.1) is 5.41 Å². The first-order valence-corrected chi connectivity index (χ1v) is 13.8. The van der Waals surface area contributed by atoms with Gasteiger partial charge < -0.3 is 13.9 Å². The smallest absolute Gasteiger partial charge is 0.192 e. The van der Waals surface area contributed by atoms with Crippen molar-refractivity contribution in [3.05, 3.63) is 58.7 Å². The van der Waals surface area contributed by atoms with Crippen LogP contribution in [0.2, 0.25) is 18.1 Å². The van der Waals surface area contributed by atoms with Crippen molar-refractivity contribution >= 4 is 8.32 Å². The molecule has 2 aromatic carbocycles. The molecule has 1 aliphatic rings. The van der Waals surface area contributed by atoms with Crippen LogP contribution in [-0.2, 0) is 17.3 Å². The molecule has 0 aromatic heterocycles. The first kappa shape index (κ1) is 22.9. The van der Waals surface area contributed by atoms with E-state index in [2.05, 4.69) is 72.0 Å². The molecule has 2 aromatic rings. The number of methoxy groups -OCH3 is 2. The van der Waals surface area contributed by atoms with Gasteiger partial charge in [0.15, 0.2) is 8.32 Å². The summed E-state index contributed by atoms with van der Waals surface area (Å²) in [6.07, 6.45) is 1.93. The fourth-order valence-corrected chi connectivity index (χ4v) is 5.54. The summed E-state index contributed by atoms with van der Waals surface area (Å²) in [7, 11) is 1.53. The Morgan fingerprint density at radius 3 is 2.13 bits per heavy atom. The monoisotopic (exact) mass is 426 g/mol. The molecule has 0 radical (unpaired) electrons. The molecular weight excluding hydrogens is 388 g/mol. The second-order valence-electron chi connectivity index (χ2n) is 10.8. The zero-order valence-electron chi connectivity index (χ0n) is 20.2. The molecule has 4 heteroatoms. The fraction of sp³-hybridized carbons (Fsp3) is 0.538. The fourth-order valence-electron chi connectivity index (χ4n) is 4.16. The molecule has 30 heavy (non-hydrogen) atoms. The first-order valence-electron chi connectivity index (χ1n) is 10.9. The predicted octanol–water partition coefficient (Wildman–Crippen LogP) is 6.94. The molecule has 0 spiro atoms. The minimum absolute atomic E-state index is 0.0544. The summed E-state index contributed by atoms with van der Waals surface area (Å²) in [6, 6.07) is 12.7.